The summed E-state index contributed by atoms with van der Waals surface area (Å²) in [5.74, 6) is -1.77. The van der Waals surface area contributed by atoms with Crippen LogP contribution in [0.3, 0.4) is 0 Å². The molecule has 0 saturated carbocycles. The van der Waals surface area contributed by atoms with Crippen molar-refractivity contribution in [3.8, 4) is 5.69 Å². The van der Waals surface area contributed by atoms with Gasteiger partial charge in [-0.25, -0.2) is 4.68 Å². The second-order valence-electron chi connectivity index (χ2n) is 6.02. The summed E-state index contributed by atoms with van der Waals surface area (Å²) in [6.45, 7) is 3.22. The van der Waals surface area contributed by atoms with Crippen LogP contribution in [0, 0.1) is 0 Å². The van der Waals surface area contributed by atoms with Crippen molar-refractivity contribution in [1.82, 2.24) is 19.7 Å². The first-order valence-electron chi connectivity index (χ1n) is 8.34. The van der Waals surface area contributed by atoms with E-state index < -0.39 is 30.5 Å². The molecule has 0 aromatic carbocycles. The van der Waals surface area contributed by atoms with Gasteiger partial charge in [-0.2, -0.15) is 18.3 Å². The molecule has 2 heterocycles. The van der Waals surface area contributed by atoms with Crippen LogP contribution < -0.4 is 4.90 Å². The first-order valence-corrected chi connectivity index (χ1v) is 8.72. The van der Waals surface area contributed by atoms with Gasteiger partial charge in [0, 0.05) is 19.8 Å². The Morgan fingerprint density at radius 2 is 2.04 bits per heavy atom. The van der Waals surface area contributed by atoms with E-state index in [0.29, 0.717) is 5.69 Å². The number of anilines is 1. The number of nitrogens with zero attached hydrogens (tertiary/aromatic N) is 5. The zero-order valence-corrected chi connectivity index (χ0v) is 16.2. The second kappa shape index (κ2) is 8.59. The summed E-state index contributed by atoms with van der Waals surface area (Å²) >= 11 is 6.17. The molecule has 7 nitrogen and oxygen atoms in total. The van der Waals surface area contributed by atoms with Crippen molar-refractivity contribution in [3.05, 3.63) is 35.9 Å². The number of hydrogen-bond acceptors (Lipinski definition) is 4. The van der Waals surface area contributed by atoms with Crippen LogP contribution in [0.5, 0.6) is 0 Å². The van der Waals surface area contributed by atoms with Crippen molar-refractivity contribution in [2.24, 2.45) is 0 Å². The molecule has 0 bridgehead atoms. The van der Waals surface area contributed by atoms with Crippen LogP contribution in [0.25, 0.3) is 5.69 Å². The highest BCUT2D eigenvalue weighted by Gasteiger charge is 2.36. The maximum Gasteiger partial charge on any atom is 0.397 e. The minimum atomic E-state index is -4.65. The fourth-order valence-electron chi connectivity index (χ4n) is 2.49. The number of carbonyl (C=O) groups excluding carboxylic acids is 2. The molecule has 2 aromatic heterocycles. The van der Waals surface area contributed by atoms with Gasteiger partial charge in [0.25, 0.3) is 0 Å². The Hall–Kier alpha value is -2.62. The monoisotopic (exact) mass is 417 g/mol. The molecule has 2 amide bonds. The molecule has 11 heteroatoms. The van der Waals surface area contributed by atoms with Crippen LogP contribution in [-0.2, 0) is 9.59 Å². The highest BCUT2D eigenvalue weighted by atomic mass is 35.5. The molecular formula is C17H19ClF3N5O2. The lowest BCUT2D eigenvalue weighted by atomic mass is 10.2. The Bertz CT molecular complexity index is 841. The van der Waals surface area contributed by atoms with Crippen molar-refractivity contribution >= 4 is 29.1 Å². The van der Waals surface area contributed by atoms with Gasteiger partial charge in [0.2, 0.25) is 11.8 Å². The average molecular weight is 418 g/mol. The summed E-state index contributed by atoms with van der Waals surface area (Å²) in [5.41, 5.74) is 0.895. The number of carbonyl (C=O) groups is 2. The summed E-state index contributed by atoms with van der Waals surface area (Å²) in [7, 11) is 1.16. The second-order valence-corrected chi connectivity index (χ2v) is 6.37. The number of likely N-dealkylation sites (N-methyl/N-ethyl adjacent to an activating group) is 2. The van der Waals surface area contributed by atoms with Crippen LogP contribution in [0.4, 0.5) is 18.9 Å². The predicted molar refractivity (Wildman–Crippen MR) is 97.3 cm³/mol. The molecule has 1 atom stereocenters. The van der Waals surface area contributed by atoms with Gasteiger partial charge < -0.3 is 9.80 Å². The van der Waals surface area contributed by atoms with Gasteiger partial charge >= 0.3 is 6.18 Å². The molecule has 2 rings (SSSR count). The first kappa shape index (κ1) is 21.7. The number of pyridine rings is 1. The van der Waals surface area contributed by atoms with Crippen molar-refractivity contribution in [2.75, 3.05) is 18.5 Å². The molecule has 152 valence electrons. The third-order valence-corrected chi connectivity index (χ3v) is 4.39. The van der Waals surface area contributed by atoms with Crippen LogP contribution in [0.15, 0.2) is 30.7 Å². The Morgan fingerprint density at radius 3 is 2.57 bits per heavy atom. The SMILES string of the molecule is CCN(C(=O)C(C)N(C)C(=O)CC(F)(F)F)c1cn(-c2cccnc2)nc1Cl. The topological polar surface area (TPSA) is 71.3 Å². The molecule has 2 aromatic rings. The van der Waals surface area contributed by atoms with E-state index in [1.807, 2.05) is 0 Å². The third kappa shape index (κ3) is 5.00. The van der Waals surface area contributed by atoms with Gasteiger partial charge in [-0.3, -0.25) is 14.6 Å². The summed E-state index contributed by atoms with van der Waals surface area (Å²) in [4.78, 5) is 30.6. The van der Waals surface area contributed by atoms with E-state index in [-0.39, 0.29) is 17.4 Å². The van der Waals surface area contributed by atoms with Gasteiger partial charge in [0.1, 0.15) is 18.2 Å². The zero-order chi connectivity index (χ0) is 21.1. The Labute approximate surface area is 164 Å². The maximum atomic E-state index is 12.8. The lowest BCUT2D eigenvalue weighted by Gasteiger charge is -2.29. The first-order chi connectivity index (χ1) is 13.0. The van der Waals surface area contributed by atoms with Crippen LogP contribution in [-0.4, -0.2) is 57.3 Å². The van der Waals surface area contributed by atoms with Gasteiger partial charge in [-0.05, 0) is 26.0 Å². The summed E-state index contributed by atoms with van der Waals surface area (Å²) in [6, 6.07) is 2.33. The van der Waals surface area contributed by atoms with E-state index >= 15 is 0 Å². The zero-order valence-electron chi connectivity index (χ0n) is 15.4. The van der Waals surface area contributed by atoms with Gasteiger partial charge in [-0.15, -0.1) is 0 Å². The molecule has 0 saturated heterocycles. The lowest BCUT2D eigenvalue weighted by Crippen LogP contribution is -2.48. The van der Waals surface area contributed by atoms with Crippen molar-refractivity contribution in [1.29, 1.82) is 0 Å². The molecule has 28 heavy (non-hydrogen) atoms. The van der Waals surface area contributed by atoms with Gasteiger partial charge in [0.05, 0.1) is 18.1 Å². The minimum Gasteiger partial charge on any atom is -0.334 e. The van der Waals surface area contributed by atoms with Gasteiger partial charge in [-0.1, -0.05) is 11.6 Å². The molecule has 0 radical (unpaired) electrons. The predicted octanol–water partition coefficient (Wildman–Crippen LogP) is 3.07. The molecule has 0 fully saturated rings. The van der Waals surface area contributed by atoms with Crippen LogP contribution in [0.2, 0.25) is 5.15 Å². The number of alkyl halides is 3. The molecule has 1 unspecified atom stereocenters. The minimum absolute atomic E-state index is 0.0375. The molecule has 0 N–H and O–H groups in total. The van der Waals surface area contributed by atoms with Crippen molar-refractivity contribution < 1.29 is 22.8 Å². The Balaban J connectivity index is 2.24. The number of aromatic nitrogens is 3. The highest BCUT2D eigenvalue weighted by molar-refractivity contribution is 6.32. The number of rotatable bonds is 6. The third-order valence-electron chi connectivity index (χ3n) is 4.12. The average Bonchev–Trinajstić information content (AvgIpc) is 3.02. The molecule has 0 aliphatic carbocycles. The Kier molecular flexibility index (Phi) is 6.65. The smallest absolute Gasteiger partial charge is 0.334 e. The van der Waals surface area contributed by atoms with Crippen LogP contribution in [0.1, 0.15) is 20.3 Å². The van der Waals surface area contributed by atoms with E-state index in [1.54, 1.807) is 31.5 Å². The summed E-state index contributed by atoms with van der Waals surface area (Å²) in [6.07, 6.45) is -1.62. The fraction of sp³-hybridized carbons (Fsp3) is 0.412. The van der Waals surface area contributed by atoms with E-state index in [1.165, 1.54) is 22.7 Å². The van der Waals surface area contributed by atoms with E-state index in [4.69, 9.17) is 11.6 Å². The number of amides is 2. The van der Waals surface area contributed by atoms with E-state index in [0.717, 1.165) is 11.9 Å². The number of halogens is 4. The van der Waals surface area contributed by atoms with Crippen LogP contribution >= 0.6 is 11.6 Å². The maximum absolute atomic E-state index is 12.8. The molecule has 0 spiro atoms. The molecular weight excluding hydrogens is 399 g/mol. The summed E-state index contributed by atoms with van der Waals surface area (Å²) in [5, 5.41) is 4.18. The standard InChI is InChI=1S/C17H19ClF3N5O2/c1-4-25(16(28)11(2)24(3)14(27)8-17(19,20)21)13-10-26(23-15(13)18)12-6-5-7-22-9-12/h5-7,9-11H,4,8H2,1-3H3. The quantitative estimate of drug-likeness (QED) is 0.724. The highest BCUT2D eigenvalue weighted by Crippen LogP contribution is 2.27. The van der Waals surface area contributed by atoms with Crippen molar-refractivity contribution in [2.45, 2.75) is 32.5 Å². The molecule has 0 aliphatic heterocycles. The molecule has 0 aliphatic rings. The summed E-state index contributed by atoms with van der Waals surface area (Å²) < 4.78 is 38.8. The van der Waals surface area contributed by atoms with Crippen molar-refractivity contribution in [3.63, 3.8) is 0 Å². The Morgan fingerprint density at radius 1 is 1.36 bits per heavy atom. The number of hydrogen-bond donors (Lipinski definition) is 0. The van der Waals surface area contributed by atoms with E-state index in [9.17, 15) is 22.8 Å². The lowest BCUT2D eigenvalue weighted by molar-refractivity contribution is -0.163. The largest absolute Gasteiger partial charge is 0.397 e. The fourth-order valence-corrected chi connectivity index (χ4v) is 2.73. The van der Waals surface area contributed by atoms with E-state index in [2.05, 4.69) is 10.1 Å². The normalized spacial score (nSPS) is 12.5. The van der Waals surface area contributed by atoms with Gasteiger partial charge in [0.15, 0.2) is 5.15 Å².